The van der Waals surface area contributed by atoms with Crippen molar-refractivity contribution in [2.24, 2.45) is 0 Å². The second kappa shape index (κ2) is 5.09. The molecule has 86 valence electrons. The molecule has 2 N–H and O–H groups in total. The van der Waals surface area contributed by atoms with E-state index in [9.17, 15) is 9.59 Å². The quantitative estimate of drug-likeness (QED) is 0.672. The Balaban J connectivity index is 2.46. The number of ether oxygens (including phenoxy) is 2. The van der Waals surface area contributed by atoms with E-state index in [0.29, 0.717) is 13.2 Å². The van der Waals surface area contributed by atoms with Crippen LogP contribution in [0.3, 0.4) is 0 Å². The van der Waals surface area contributed by atoms with Gasteiger partial charge in [0, 0.05) is 12.8 Å². The fourth-order valence-electron chi connectivity index (χ4n) is 1.51. The molecule has 1 saturated heterocycles. The zero-order chi connectivity index (χ0) is 11.3. The minimum atomic E-state index is -1.00. The predicted octanol–water partition coefficient (Wildman–Crippen LogP) is 0.459. The zero-order valence-corrected chi connectivity index (χ0v) is 8.27. The van der Waals surface area contributed by atoms with Gasteiger partial charge in [-0.15, -0.1) is 0 Å². The third kappa shape index (κ3) is 3.85. The minimum absolute atomic E-state index is 0.0837. The Labute approximate surface area is 86.8 Å². The standard InChI is InChI=1S/C9H14O6/c10-7(11)1-3-9(4-2-8(12)13)14-5-6-15-9/h1-6H2,(H,10,11)(H,12,13). The second-order valence-electron chi connectivity index (χ2n) is 3.40. The van der Waals surface area contributed by atoms with E-state index in [2.05, 4.69) is 0 Å². The molecule has 6 heteroatoms. The first-order valence-electron chi connectivity index (χ1n) is 4.76. The van der Waals surface area contributed by atoms with Crippen LogP contribution in [0.5, 0.6) is 0 Å². The Morgan fingerprint density at radius 2 is 1.40 bits per heavy atom. The topological polar surface area (TPSA) is 93.1 Å². The van der Waals surface area contributed by atoms with Crippen LogP contribution in [-0.4, -0.2) is 41.2 Å². The van der Waals surface area contributed by atoms with Crippen molar-refractivity contribution in [2.75, 3.05) is 13.2 Å². The number of hydrogen-bond donors (Lipinski definition) is 2. The highest BCUT2D eigenvalue weighted by molar-refractivity contribution is 5.67. The van der Waals surface area contributed by atoms with Gasteiger partial charge in [-0.2, -0.15) is 0 Å². The molecule has 1 aliphatic rings. The molecule has 6 nitrogen and oxygen atoms in total. The number of rotatable bonds is 6. The molecule has 0 saturated carbocycles. The maximum absolute atomic E-state index is 10.4. The molecule has 0 amide bonds. The average Bonchev–Trinajstić information content (AvgIpc) is 2.61. The molecule has 0 bridgehead atoms. The largest absolute Gasteiger partial charge is 0.481 e. The Bertz CT molecular complexity index is 223. The van der Waals surface area contributed by atoms with Crippen LogP contribution >= 0.6 is 0 Å². The fraction of sp³-hybridized carbons (Fsp3) is 0.778. The minimum Gasteiger partial charge on any atom is -0.481 e. The molecule has 0 spiro atoms. The van der Waals surface area contributed by atoms with Gasteiger partial charge in [0.1, 0.15) is 0 Å². The van der Waals surface area contributed by atoms with Crippen LogP contribution in [0.15, 0.2) is 0 Å². The van der Waals surface area contributed by atoms with Gasteiger partial charge in [0.2, 0.25) is 0 Å². The van der Waals surface area contributed by atoms with Crippen LogP contribution in [0.2, 0.25) is 0 Å². The lowest BCUT2D eigenvalue weighted by Crippen LogP contribution is -2.31. The molecule has 0 aromatic heterocycles. The zero-order valence-electron chi connectivity index (χ0n) is 8.27. The second-order valence-corrected chi connectivity index (χ2v) is 3.40. The van der Waals surface area contributed by atoms with Crippen molar-refractivity contribution < 1.29 is 29.3 Å². The summed E-state index contributed by atoms with van der Waals surface area (Å²) < 4.78 is 10.6. The first-order valence-corrected chi connectivity index (χ1v) is 4.76. The lowest BCUT2D eigenvalue weighted by Gasteiger charge is -2.26. The van der Waals surface area contributed by atoms with Crippen molar-refractivity contribution in [1.82, 2.24) is 0 Å². The van der Waals surface area contributed by atoms with E-state index in [1.165, 1.54) is 0 Å². The van der Waals surface area contributed by atoms with Crippen LogP contribution in [-0.2, 0) is 19.1 Å². The van der Waals surface area contributed by atoms with Gasteiger partial charge in [-0.1, -0.05) is 0 Å². The third-order valence-corrected chi connectivity index (χ3v) is 2.25. The summed E-state index contributed by atoms with van der Waals surface area (Å²) >= 11 is 0. The van der Waals surface area contributed by atoms with E-state index in [1.54, 1.807) is 0 Å². The molecule has 1 rings (SSSR count). The molecular formula is C9H14O6. The van der Waals surface area contributed by atoms with E-state index in [-0.39, 0.29) is 25.7 Å². The summed E-state index contributed by atoms with van der Waals surface area (Å²) in [5.74, 6) is -2.89. The maximum Gasteiger partial charge on any atom is 0.303 e. The predicted molar refractivity (Wildman–Crippen MR) is 48.4 cm³/mol. The van der Waals surface area contributed by atoms with Crippen molar-refractivity contribution in [2.45, 2.75) is 31.5 Å². The third-order valence-electron chi connectivity index (χ3n) is 2.25. The molecular weight excluding hydrogens is 204 g/mol. The van der Waals surface area contributed by atoms with Gasteiger partial charge in [0.25, 0.3) is 0 Å². The van der Waals surface area contributed by atoms with Gasteiger partial charge in [0.05, 0.1) is 26.1 Å². The molecule has 15 heavy (non-hydrogen) atoms. The molecule has 0 aromatic carbocycles. The summed E-state index contributed by atoms with van der Waals surface area (Å²) in [4.78, 5) is 20.8. The highest BCUT2D eigenvalue weighted by atomic mass is 16.7. The summed E-state index contributed by atoms with van der Waals surface area (Å²) in [5, 5.41) is 17.1. The van der Waals surface area contributed by atoms with Crippen LogP contribution < -0.4 is 0 Å². The van der Waals surface area contributed by atoms with Crippen LogP contribution in [0.25, 0.3) is 0 Å². The molecule has 0 unspecified atom stereocenters. The molecule has 0 aromatic rings. The van der Waals surface area contributed by atoms with Gasteiger partial charge in [-0.25, -0.2) is 0 Å². The van der Waals surface area contributed by atoms with E-state index in [4.69, 9.17) is 19.7 Å². The fourth-order valence-corrected chi connectivity index (χ4v) is 1.51. The van der Waals surface area contributed by atoms with Crippen LogP contribution in [0, 0.1) is 0 Å². The molecule has 1 heterocycles. The van der Waals surface area contributed by atoms with Gasteiger partial charge < -0.3 is 19.7 Å². The molecule has 0 aliphatic carbocycles. The first kappa shape index (κ1) is 11.9. The van der Waals surface area contributed by atoms with Gasteiger partial charge in [-0.05, 0) is 0 Å². The van der Waals surface area contributed by atoms with Crippen molar-refractivity contribution in [3.05, 3.63) is 0 Å². The number of carboxylic acids is 2. The number of hydrogen-bond acceptors (Lipinski definition) is 4. The molecule has 1 fully saturated rings. The number of carboxylic acid groups (broad SMARTS) is 2. The Morgan fingerprint density at radius 3 is 1.73 bits per heavy atom. The number of carbonyl (C=O) groups is 2. The van der Waals surface area contributed by atoms with Gasteiger partial charge in [-0.3, -0.25) is 9.59 Å². The highest BCUT2D eigenvalue weighted by Gasteiger charge is 2.36. The SMILES string of the molecule is O=C(O)CCC1(CCC(=O)O)OCCO1. The lowest BCUT2D eigenvalue weighted by molar-refractivity contribution is -0.176. The first-order chi connectivity index (χ1) is 7.04. The maximum atomic E-state index is 10.4. The molecule has 0 radical (unpaired) electrons. The average molecular weight is 218 g/mol. The Kier molecular flexibility index (Phi) is 4.05. The summed E-state index contributed by atoms with van der Waals surface area (Å²) in [7, 11) is 0. The van der Waals surface area contributed by atoms with Crippen molar-refractivity contribution in [3.8, 4) is 0 Å². The lowest BCUT2D eigenvalue weighted by atomic mass is 10.0. The molecule has 1 aliphatic heterocycles. The smallest absolute Gasteiger partial charge is 0.303 e. The summed E-state index contributed by atoms with van der Waals surface area (Å²) in [5.41, 5.74) is 0. The van der Waals surface area contributed by atoms with E-state index in [1.807, 2.05) is 0 Å². The van der Waals surface area contributed by atoms with Crippen LogP contribution in [0.4, 0.5) is 0 Å². The van der Waals surface area contributed by atoms with Gasteiger partial charge in [0.15, 0.2) is 5.79 Å². The van der Waals surface area contributed by atoms with Crippen LogP contribution in [0.1, 0.15) is 25.7 Å². The van der Waals surface area contributed by atoms with Gasteiger partial charge >= 0.3 is 11.9 Å². The van der Waals surface area contributed by atoms with Crippen molar-refractivity contribution >= 4 is 11.9 Å². The Morgan fingerprint density at radius 1 is 1.00 bits per heavy atom. The monoisotopic (exact) mass is 218 g/mol. The highest BCUT2D eigenvalue weighted by Crippen LogP contribution is 2.29. The van der Waals surface area contributed by atoms with E-state index in [0.717, 1.165) is 0 Å². The summed E-state index contributed by atoms with van der Waals surface area (Å²) in [6.45, 7) is 0.776. The van der Waals surface area contributed by atoms with E-state index < -0.39 is 17.7 Å². The van der Waals surface area contributed by atoms with Crippen molar-refractivity contribution in [3.63, 3.8) is 0 Å². The Hall–Kier alpha value is -1.14. The summed E-state index contributed by atoms with van der Waals surface area (Å²) in [6.07, 6.45) is 0.213. The number of aliphatic carboxylic acids is 2. The molecule has 0 atom stereocenters. The van der Waals surface area contributed by atoms with E-state index >= 15 is 0 Å². The normalized spacial score (nSPS) is 18.9. The van der Waals surface area contributed by atoms with Crippen molar-refractivity contribution in [1.29, 1.82) is 0 Å². The summed E-state index contributed by atoms with van der Waals surface area (Å²) in [6, 6.07) is 0.